The highest BCUT2D eigenvalue weighted by Gasteiger charge is 2.20. The zero-order valence-electron chi connectivity index (χ0n) is 16.9. The highest BCUT2D eigenvalue weighted by molar-refractivity contribution is 5.91. The van der Waals surface area contributed by atoms with Crippen molar-refractivity contribution >= 4 is 11.7 Å². The van der Waals surface area contributed by atoms with E-state index < -0.39 is 0 Å². The molecule has 1 aromatic carbocycles. The van der Waals surface area contributed by atoms with Gasteiger partial charge in [-0.05, 0) is 24.3 Å². The predicted octanol–water partition coefficient (Wildman–Crippen LogP) is 4.74. The highest BCUT2D eigenvalue weighted by Crippen LogP contribution is 2.29. The molecule has 1 saturated carbocycles. The predicted molar refractivity (Wildman–Crippen MR) is 112 cm³/mol. The van der Waals surface area contributed by atoms with Crippen molar-refractivity contribution in [2.45, 2.75) is 65.4 Å². The molecule has 2 aromatic rings. The number of nitrogens with zero attached hydrogens (tertiary/aromatic N) is 2. The third-order valence-electron chi connectivity index (χ3n) is 5.79. The summed E-state index contributed by atoms with van der Waals surface area (Å²) in [6, 6.07) is 7.71. The maximum atomic E-state index is 12.4. The lowest BCUT2D eigenvalue weighted by Crippen LogP contribution is -2.22. The van der Waals surface area contributed by atoms with Gasteiger partial charge in [0.1, 0.15) is 0 Å². The van der Waals surface area contributed by atoms with Gasteiger partial charge in [-0.25, -0.2) is 9.97 Å². The number of carbonyl (C=O) groups excluding carboxylic acids is 1. The van der Waals surface area contributed by atoms with E-state index >= 15 is 0 Å². The van der Waals surface area contributed by atoms with Crippen LogP contribution in [0.1, 0.15) is 63.6 Å². The normalized spacial score (nSPS) is 16.0. The number of aliphatic hydroxyl groups is 1. The Hall–Kier alpha value is -2.27. The van der Waals surface area contributed by atoms with Crippen LogP contribution in [0.2, 0.25) is 0 Å². The van der Waals surface area contributed by atoms with Gasteiger partial charge in [-0.3, -0.25) is 4.79 Å². The van der Waals surface area contributed by atoms with Crippen LogP contribution in [0.25, 0.3) is 11.3 Å². The molecule has 1 aliphatic rings. The second kappa shape index (κ2) is 9.78. The third-order valence-corrected chi connectivity index (χ3v) is 5.79. The molecule has 0 spiro atoms. The fourth-order valence-electron chi connectivity index (χ4n) is 3.68. The Labute approximate surface area is 167 Å². The summed E-state index contributed by atoms with van der Waals surface area (Å²) in [5.74, 6) is 1.16. The first-order valence-electron chi connectivity index (χ1n) is 10.5. The van der Waals surface area contributed by atoms with Gasteiger partial charge in [0, 0.05) is 11.5 Å². The molecule has 1 aliphatic carbocycles. The van der Waals surface area contributed by atoms with Gasteiger partial charge < -0.3 is 10.4 Å². The van der Waals surface area contributed by atoms with Gasteiger partial charge in [0.15, 0.2) is 5.82 Å². The van der Waals surface area contributed by atoms with Crippen LogP contribution in [-0.2, 0) is 17.8 Å². The van der Waals surface area contributed by atoms with E-state index in [4.69, 9.17) is 4.98 Å². The van der Waals surface area contributed by atoms with Crippen LogP contribution in [0.5, 0.6) is 0 Å². The standard InChI is InChI=1S/C23H31N3O2/c1-3-16(2)23(28)26-22-20(13-17-7-5-4-6-8-17)25-21(14-24-22)19-11-9-18(15-27)10-12-19/h9-12,14,16-17,27H,3-8,13,15H2,1-2H3,(H,24,26,28). The summed E-state index contributed by atoms with van der Waals surface area (Å²) >= 11 is 0. The minimum Gasteiger partial charge on any atom is -0.392 e. The molecule has 1 amide bonds. The van der Waals surface area contributed by atoms with Gasteiger partial charge in [-0.15, -0.1) is 0 Å². The SMILES string of the molecule is CCC(C)C(=O)Nc1ncc(-c2ccc(CO)cc2)nc1CC1CCCCC1. The Morgan fingerprint density at radius 1 is 1.21 bits per heavy atom. The van der Waals surface area contributed by atoms with Gasteiger partial charge >= 0.3 is 0 Å². The maximum absolute atomic E-state index is 12.4. The minimum atomic E-state index is -0.0463. The minimum absolute atomic E-state index is 0.00161. The summed E-state index contributed by atoms with van der Waals surface area (Å²) in [6.07, 6.45) is 9.68. The van der Waals surface area contributed by atoms with Crippen molar-refractivity contribution in [2.75, 3.05) is 5.32 Å². The van der Waals surface area contributed by atoms with E-state index in [1.165, 1.54) is 32.1 Å². The number of aliphatic hydroxyl groups excluding tert-OH is 1. The second-order valence-electron chi connectivity index (χ2n) is 7.91. The Morgan fingerprint density at radius 3 is 2.57 bits per heavy atom. The molecule has 0 saturated heterocycles. The van der Waals surface area contributed by atoms with Crippen molar-refractivity contribution in [1.29, 1.82) is 0 Å². The smallest absolute Gasteiger partial charge is 0.228 e. The van der Waals surface area contributed by atoms with Crippen LogP contribution >= 0.6 is 0 Å². The number of carbonyl (C=O) groups is 1. The fraction of sp³-hybridized carbons (Fsp3) is 0.522. The molecular formula is C23H31N3O2. The molecular weight excluding hydrogens is 350 g/mol. The summed E-state index contributed by atoms with van der Waals surface area (Å²) in [5.41, 5.74) is 3.52. The first-order valence-corrected chi connectivity index (χ1v) is 10.5. The zero-order valence-corrected chi connectivity index (χ0v) is 16.9. The summed E-state index contributed by atoms with van der Waals surface area (Å²) in [5, 5.41) is 12.2. The summed E-state index contributed by atoms with van der Waals surface area (Å²) in [7, 11) is 0. The molecule has 0 aliphatic heterocycles. The fourth-order valence-corrected chi connectivity index (χ4v) is 3.68. The van der Waals surface area contributed by atoms with Crippen molar-refractivity contribution in [3.8, 4) is 11.3 Å². The first-order chi connectivity index (χ1) is 13.6. The van der Waals surface area contributed by atoms with Gasteiger partial charge in [0.2, 0.25) is 5.91 Å². The molecule has 150 valence electrons. The molecule has 1 unspecified atom stereocenters. The van der Waals surface area contributed by atoms with E-state index in [1.54, 1.807) is 6.20 Å². The van der Waals surface area contributed by atoms with E-state index in [0.717, 1.165) is 35.4 Å². The molecule has 1 aromatic heterocycles. The van der Waals surface area contributed by atoms with Crippen molar-refractivity contribution < 1.29 is 9.90 Å². The van der Waals surface area contributed by atoms with Crippen LogP contribution in [0.15, 0.2) is 30.5 Å². The number of hydrogen-bond donors (Lipinski definition) is 2. The third kappa shape index (κ3) is 5.16. The van der Waals surface area contributed by atoms with Crippen molar-refractivity contribution in [1.82, 2.24) is 9.97 Å². The van der Waals surface area contributed by atoms with E-state index in [-0.39, 0.29) is 18.4 Å². The van der Waals surface area contributed by atoms with Crippen molar-refractivity contribution in [3.63, 3.8) is 0 Å². The Morgan fingerprint density at radius 2 is 1.93 bits per heavy atom. The van der Waals surface area contributed by atoms with E-state index in [2.05, 4.69) is 10.3 Å². The average Bonchev–Trinajstić information content (AvgIpc) is 2.75. The highest BCUT2D eigenvalue weighted by atomic mass is 16.3. The van der Waals surface area contributed by atoms with E-state index in [1.807, 2.05) is 38.1 Å². The van der Waals surface area contributed by atoms with Crippen LogP contribution in [0, 0.1) is 11.8 Å². The van der Waals surface area contributed by atoms with Crippen LogP contribution in [0.3, 0.4) is 0 Å². The monoisotopic (exact) mass is 381 g/mol. The lowest BCUT2D eigenvalue weighted by Gasteiger charge is -2.22. The second-order valence-corrected chi connectivity index (χ2v) is 7.91. The van der Waals surface area contributed by atoms with Gasteiger partial charge in [-0.2, -0.15) is 0 Å². The van der Waals surface area contributed by atoms with Crippen molar-refractivity contribution in [2.24, 2.45) is 11.8 Å². The maximum Gasteiger partial charge on any atom is 0.228 e. The molecule has 0 radical (unpaired) electrons. The molecule has 1 heterocycles. The van der Waals surface area contributed by atoms with E-state index in [9.17, 15) is 9.90 Å². The van der Waals surface area contributed by atoms with Crippen LogP contribution in [0.4, 0.5) is 5.82 Å². The topological polar surface area (TPSA) is 75.1 Å². The number of benzene rings is 1. The molecule has 3 rings (SSSR count). The molecule has 1 fully saturated rings. The number of nitrogens with one attached hydrogen (secondary N) is 1. The summed E-state index contributed by atoms with van der Waals surface area (Å²) < 4.78 is 0. The molecule has 0 bridgehead atoms. The molecule has 2 N–H and O–H groups in total. The Bertz CT molecular complexity index is 783. The van der Waals surface area contributed by atoms with Crippen molar-refractivity contribution in [3.05, 3.63) is 41.7 Å². The largest absolute Gasteiger partial charge is 0.392 e. The molecule has 28 heavy (non-hydrogen) atoms. The molecule has 1 atom stereocenters. The zero-order chi connectivity index (χ0) is 19.9. The molecule has 5 nitrogen and oxygen atoms in total. The number of anilines is 1. The number of hydrogen-bond acceptors (Lipinski definition) is 4. The number of aromatic nitrogens is 2. The lowest BCUT2D eigenvalue weighted by molar-refractivity contribution is -0.119. The first kappa shape index (κ1) is 20.5. The van der Waals surface area contributed by atoms with Gasteiger partial charge in [-0.1, -0.05) is 70.2 Å². The average molecular weight is 382 g/mol. The van der Waals surface area contributed by atoms with Crippen LogP contribution < -0.4 is 5.32 Å². The Balaban J connectivity index is 1.88. The molecule has 5 heteroatoms. The van der Waals surface area contributed by atoms with Gasteiger partial charge in [0.25, 0.3) is 0 Å². The van der Waals surface area contributed by atoms with E-state index in [0.29, 0.717) is 11.7 Å². The van der Waals surface area contributed by atoms with Gasteiger partial charge in [0.05, 0.1) is 24.2 Å². The van der Waals surface area contributed by atoms with Crippen LogP contribution in [-0.4, -0.2) is 21.0 Å². The summed E-state index contributed by atoms with van der Waals surface area (Å²) in [6.45, 7) is 3.97. The number of rotatable bonds is 7. The quantitative estimate of drug-likeness (QED) is 0.726. The summed E-state index contributed by atoms with van der Waals surface area (Å²) in [4.78, 5) is 21.9. The Kier molecular flexibility index (Phi) is 7.15. The lowest BCUT2D eigenvalue weighted by atomic mass is 9.86. The number of amides is 1.